The van der Waals surface area contributed by atoms with Gasteiger partial charge in [-0.3, -0.25) is 9.97 Å². The second-order valence-corrected chi connectivity index (χ2v) is 9.82. The number of benzene rings is 1. The van der Waals surface area contributed by atoms with Crippen molar-refractivity contribution in [2.45, 2.75) is 44.9 Å². The van der Waals surface area contributed by atoms with Gasteiger partial charge >= 0.3 is 0 Å². The molecule has 1 fully saturated rings. The molecule has 1 aromatic carbocycles. The Morgan fingerprint density at radius 1 is 1.09 bits per heavy atom. The number of pyridine rings is 2. The molecule has 0 radical (unpaired) electrons. The number of nitrogens with zero attached hydrogens (tertiary/aromatic N) is 4. The monoisotopic (exact) mass is 455 g/mol. The van der Waals surface area contributed by atoms with E-state index in [-0.39, 0.29) is 17.6 Å². The second kappa shape index (κ2) is 8.27. The van der Waals surface area contributed by atoms with Crippen LogP contribution in [0.3, 0.4) is 0 Å². The predicted molar refractivity (Wildman–Crippen MR) is 138 cm³/mol. The highest BCUT2D eigenvalue weighted by Crippen LogP contribution is 2.44. The molecule has 33 heavy (non-hydrogen) atoms. The predicted octanol–water partition coefficient (Wildman–Crippen LogP) is 5.28. The topological polar surface area (TPSA) is 44.3 Å². The van der Waals surface area contributed by atoms with Crippen molar-refractivity contribution in [1.82, 2.24) is 20.2 Å². The van der Waals surface area contributed by atoms with Crippen LogP contribution in [0.15, 0.2) is 73.2 Å². The Hall–Kier alpha value is -3.25. The Labute approximate surface area is 201 Å². The van der Waals surface area contributed by atoms with Gasteiger partial charge in [0.2, 0.25) is 0 Å². The Kier molecular flexibility index (Phi) is 5.41. The Balaban J connectivity index is 1.60. The fourth-order valence-electron chi connectivity index (χ4n) is 4.99. The van der Waals surface area contributed by atoms with Crippen LogP contribution in [0.2, 0.25) is 0 Å². The summed E-state index contributed by atoms with van der Waals surface area (Å²) < 4.78 is 0. The summed E-state index contributed by atoms with van der Waals surface area (Å²) in [5.74, 6) is 0. The van der Waals surface area contributed by atoms with E-state index in [1.165, 1.54) is 22.4 Å². The van der Waals surface area contributed by atoms with Gasteiger partial charge in [0.05, 0.1) is 23.3 Å². The van der Waals surface area contributed by atoms with Crippen LogP contribution in [0.4, 0.5) is 5.69 Å². The summed E-state index contributed by atoms with van der Waals surface area (Å²) in [6.07, 6.45) is 7.90. The first-order valence-corrected chi connectivity index (χ1v) is 11.7. The molecular formula is C27H29N5S. The largest absolute Gasteiger partial charge is 0.366 e. The van der Waals surface area contributed by atoms with Gasteiger partial charge in [-0.1, -0.05) is 24.3 Å². The van der Waals surface area contributed by atoms with E-state index in [2.05, 4.69) is 89.3 Å². The SMILES string of the molecule is CC1=CC(C)(C)N(C)c2ccc([C@H]3[C@H](c4ccccn4)NC(=S)N3Cc3cccnc3)cc21. The Morgan fingerprint density at radius 3 is 2.67 bits per heavy atom. The van der Waals surface area contributed by atoms with E-state index in [1.54, 1.807) is 6.20 Å². The molecule has 2 aliphatic rings. The molecule has 5 rings (SSSR count). The van der Waals surface area contributed by atoms with E-state index in [4.69, 9.17) is 12.2 Å². The van der Waals surface area contributed by atoms with Gasteiger partial charge in [0, 0.05) is 43.4 Å². The van der Waals surface area contributed by atoms with Crippen molar-refractivity contribution in [1.29, 1.82) is 0 Å². The lowest BCUT2D eigenvalue weighted by atomic mass is 9.86. The lowest BCUT2D eigenvalue weighted by molar-refractivity contribution is 0.311. The van der Waals surface area contributed by atoms with Crippen molar-refractivity contribution in [2.75, 3.05) is 11.9 Å². The molecule has 0 aliphatic carbocycles. The Bertz CT molecular complexity index is 1210. The maximum Gasteiger partial charge on any atom is 0.170 e. The quantitative estimate of drug-likeness (QED) is 0.540. The van der Waals surface area contributed by atoms with Crippen molar-refractivity contribution >= 4 is 28.6 Å². The van der Waals surface area contributed by atoms with Crippen LogP contribution in [0.1, 0.15) is 55.2 Å². The van der Waals surface area contributed by atoms with Gasteiger partial charge < -0.3 is 15.1 Å². The number of allylic oxidation sites excluding steroid dienone is 1. The highest BCUT2D eigenvalue weighted by Gasteiger charge is 2.40. The van der Waals surface area contributed by atoms with Gasteiger partial charge in [0.25, 0.3) is 0 Å². The number of hydrogen-bond donors (Lipinski definition) is 1. The van der Waals surface area contributed by atoms with E-state index >= 15 is 0 Å². The molecular weight excluding hydrogens is 426 g/mol. The van der Waals surface area contributed by atoms with Crippen molar-refractivity contribution in [3.8, 4) is 0 Å². The first kappa shape index (κ1) is 21.6. The van der Waals surface area contributed by atoms with Crippen molar-refractivity contribution < 1.29 is 0 Å². The Morgan fingerprint density at radius 2 is 1.94 bits per heavy atom. The van der Waals surface area contributed by atoms with Gasteiger partial charge in [-0.2, -0.15) is 0 Å². The summed E-state index contributed by atoms with van der Waals surface area (Å²) in [6.45, 7) is 7.39. The summed E-state index contributed by atoms with van der Waals surface area (Å²) >= 11 is 5.83. The fraction of sp³-hybridized carbons (Fsp3) is 0.296. The molecule has 0 saturated carbocycles. The van der Waals surface area contributed by atoms with Crippen molar-refractivity contribution in [2.24, 2.45) is 0 Å². The zero-order valence-corrected chi connectivity index (χ0v) is 20.3. The number of likely N-dealkylation sites (N-methyl/N-ethyl adjacent to an activating group) is 1. The molecule has 1 saturated heterocycles. The van der Waals surface area contributed by atoms with Crippen LogP contribution < -0.4 is 10.2 Å². The number of aromatic nitrogens is 2. The maximum atomic E-state index is 5.83. The first-order chi connectivity index (χ1) is 15.8. The molecule has 0 spiro atoms. The lowest BCUT2D eigenvalue weighted by Crippen LogP contribution is -2.42. The number of hydrogen-bond acceptors (Lipinski definition) is 4. The number of rotatable bonds is 4. The number of nitrogens with one attached hydrogen (secondary N) is 1. The minimum absolute atomic E-state index is 0.0160. The number of thiocarbonyl (C=S) groups is 1. The molecule has 2 aliphatic heterocycles. The minimum Gasteiger partial charge on any atom is -0.366 e. The van der Waals surface area contributed by atoms with E-state index < -0.39 is 0 Å². The number of anilines is 1. The van der Waals surface area contributed by atoms with Crippen LogP contribution in [-0.4, -0.2) is 32.6 Å². The zero-order chi connectivity index (χ0) is 23.2. The molecule has 1 N–H and O–H groups in total. The average Bonchev–Trinajstić information content (AvgIpc) is 3.14. The summed E-state index contributed by atoms with van der Waals surface area (Å²) in [4.78, 5) is 13.6. The second-order valence-electron chi connectivity index (χ2n) is 9.43. The van der Waals surface area contributed by atoms with Crippen LogP contribution >= 0.6 is 12.2 Å². The van der Waals surface area contributed by atoms with Gasteiger partial charge in [-0.15, -0.1) is 0 Å². The summed E-state index contributed by atoms with van der Waals surface area (Å²) in [7, 11) is 2.17. The van der Waals surface area contributed by atoms with Crippen LogP contribution in [0.25, 0.3) is 5.57 Å². The van der Waals surface area contributed by atoms with Gasteiger partial charge in [0.1, 0.15) is 0 Å². The van der Waals surface area contributed by atoms with E-state index in [1.807, 2.05) is 30.6 Å². The highest BCUT2D eigenvalue weighted by molar-refractivity contribution is 7.80. The van der Waals surface area contributed by atoms with Gasteiger partial charge in [-0.05, 0) is 80.0 Å². The van der Waals surface area contributed by atoms with Crippen LogP contribution in [0, 0.1) is 0 Å². The summed E-state index contributed by atoms with van der Waals surface area (Å²) in [5, 5.41) is 4.29. The molecule has 0 amide bonds. The summed E-state index contributed by atoms with van der Waals surface area (Å²) in [5.41, 5.74) is 7.15. The molecule has 3 aromatic rings. The third-order valence-electron chi connectivity index (χ3n) is 6.86. The lowest BCUT2D eigenvalue weighted by Gasteiger charge is -2.41. The molecule has 0 unspecified atom stereocenters. The highest BCUT2D eigenvalue weighted by atomic mass is 32.1. The molecule has 5 nitrogen and oxygen atoms in total. The molecule has 4 heterocycles. The fourth-order valence-corrected chi connectivity index (χ4v) is 5.29. The first-order valence-electron chi connectivity index (χ1n) is 11.3. The van der Waals surface area contributed by atoms with Crippen molar-refractivity contribution in [3.63, 3.8) is 0 Å². The molecule has 2 atom stereocenters. The maximum absolute atomic E-state index is 5.83. The van der Waals surface area contributed by atoms with Crippen molar-refractivity contribution in [3.05, 3.63) is 95.6 Å². The molecule has 0 bridgehead atoms. The van der Waals surface area contributed by atoms with E-state index in [0.29, 0.717) is 6.54 Å². The smallest absolute Gasteiger partial charge is 0.170 e. The third kappa shape index (κ3) is 3.89. The van der Waals surface area contributed by atoms with Gasteiger partial charge in [-0.25, -0.2) is 0 Å². The molecule has 6 heteroatoms. The van der Waals surface area contributed by atoms with Crippen LogP contribution in [0.5, 0.6) is 0 Å². The average molecular weight is 456 g/mol. The number of fused-ring (bicyclic) bond motifs is 1. The molecule has 168 valence electrons. The van der Waals surface area contributed by atoms with E-state index in [0.717, 1.165) is 16.4 Å². The molecule has 2 aromatic heterocycles. The van der Waals surface area contributed by atoms with Gasteiger partial charge in [0.15, 0.2) is 5.11 Å². The van der Waals surface area contributed by atoms with E-state index in [9.17, 15) is 0 Å². The normalized spacial score (nSPS) is 21.5. The van der Waals surface area contributed by atoms with Crippen LogP contribution in [-0.2, 0) is 6.54 Å². The third-order valence-corrected chi connectivity index (χ3v) is 7.21. The summed E-state index contributed by atoms with van der Waals surface area (Å²) in [6, 6.07) is 16.9. The standard InChI is InChI=1S/C27H29N5S/c1-18-15-27(2,3)31(4)23-11-10-20(14-21(18)23)25-24(22-9-5-6-13-29-22)30-26(33)32(25)17-19-8-7-12-28-16-19/h5-16,24-25H,17H2,1-4H3,(H,30,33)/t24-,25-/m0/s1. The minimum atomic E-state index is -0.0320. The zero-order valence-electron chi connectivity index (χ0n) is 19.5.